The Morgan fingerprint density at radius 1 is 1.33 bits per heavy atom. The van der Waals surface area contributed by atoms with E-state index in [4.69, 9.17) is 5.73 Å². The number of hydrogen-bond acceptors (Lipinski definition) is 2. The zero-order chi connectivity index (χ0) is 12.7. The molecule has 1 saturated carbocycles. The topological polar surface area (TPSA) is 29.3 Å². The summed E-state index contributed by atoms with van der Waals surface area (Å²) in [4.78, 5) is 2.34. The molecule has 1 aliphatic carbocycles. The minimum Gasteiger partial charge on any atom is -0.327 e. The van der Waals surface area contributed by atoms with Gasteiger partial charge >= 0.3 is 0 Å². The van der Waals surface area contributed by atoms with Gasteiger partial charge in [0.2, 0.25) is 0 Å². The SMILES string of the molecule is NC1CCC2CN(Cc3c(F)cccc3Br)CC12. The lowest BCUT2D eigenvalue weighted by Gasteiger charge is -2.19. The molecule has 0 bridgehead atoms. The van der Waals surface area contributed by atoms with Crippen molar-refractivity contribution in [3.8, 4) is 0 Å². The number of benzene rings is 1. The molecule has 2 aliphatic rings. The van der Waals surface area contributed by atoms with Gasteiger partial charge in [-0.1, -0.05) is 22.0 Å². The maximum Gasteiger partial charge on any atom is 0.128 e. The second-order valence-corrected chi connectivity index (χ2v) is 6.41. The van der Waals surface area contributed by atoms with Gasteiger partial charge in [0, 0.05) is 35.7 Å². The summed E-state index contributed by atoms with van der Waals surface area (Å²) >= 11 is 3.44. The fourth-order valence-electron chi connectivity index (χ4n) is 3.44. The lowest BCUT2D eigenvalue weighted by molar-refractivity contribution is 0.293. The average Bonchev–Trinajstić information content (AvgIpc) is 2.87. The predicted octanol–water partition coefficient (Wildman–Crippen LogP) is 2.76. The Labute approximate surface area is 115 Å². The molecule has 18 heavy (non-hydrogen) atoms. The van der Waals surface area contributed by atoms with Crippen LogP contribution in [0.4, 0.5) is 4.39 Å². The van der Waals surface area contributed by atoms with Gasteiger partial charge in [0.05, 0.1) is 0 Å². The first kappa shape index (κ1) is 12.6. The van der Waals surface area contributed by atoms with Crippen LogP contribution in [0, 0.1) is 17.7 Å². The van der Waals surface area contributed by atoms with Gasteiger partial charge in [-0.2, -0.15) is 0 Å². The van der Waals surface area contributed by atoms with Crippen molar-refractivity contribution < 1.29 is 4.39 Å². The van der Waals surface area contributed by atoms with Gasteiger partial charge in [-0.25, -0.2) is 4.39 Å². The van der Waals surface area contributed by atoms with Crippen molar-refractivity contribution in [3.63, 3.8) is 0 Å². The minimum absolute atomic E-state index is 0.120. The summed E-state index contributed by atoms with van der Waals surface area (Å²) in [6, 6.07) is 5.52. The summed E-state index contributed by atoms with van der Waals surface area (Å²) in [5, 5.41) is 0. The van der Waals surface area contributed by atoms with Gasteiger partial charge < -0.3 is 5.73 Å². The molecular formula is C14H18BrFN2. The Kier molecular flexibility index (Phi) is 3.43. The van der Waals surface area contributed by atoms with E-state index in [-0.39, 0.29) is 5.82 Å². The molecule has 1 aromatic rings. The quantitative estimate of drug-likeness (QED) is 0.910. The lowest BCUT2D eigenvalue weighted by atomic mass is 9.98. The molecule has 1 heterocycles. The first-order valence-electron chi connectivity index (χ1n) is 6.56. The summed E-state index contributed by atoms with van der Waals surface area (Å²) in [5.74, 6) is 1.23. The minimum atomic E-state index is -0.120. The molecule has 3 unspecified atom stereocenters. The monoisotopic (exact) mass is 312 g/mol. The highest BCUT2D eigenvalue weighted by molar-refractivity contribution is 9.10. The van der Waals surface area contributed by atoms with Crippen LogP contribution in [-0.4, -0.2) is 24.0 Å². The summed E-state index contributed by atoms with van der Waals surface area (Å²) < 4.78 is 14.7. The third-order valence-electron chi connectivity index (χ3n) is 4.43. The summed E-state index contributed by atoms with van der Waals surface area (Å²) in [7, 11) is 0. The van der Waals surface area contributed by atoms with Crippen molar-refractivity contribution >= 4 is 15.9 Å². The van der Waals surface area contributed by atoms with E-state index < -0.39 is 0 Å². The Morgan fingerprint density at radius 3 is 2.89 bits per heavy atom. The number of fused-ring (bicyclic) bond motifs is 1. The van der Waals surface area contributed by atoms with E-state index in [1.165, 1.54) is 12.5 Å². The Balaban J connectivity index is 1.72. The van der Waals surface area contributed by atoms with Gasteiger partial charge in [0.15, 0.2) is 0 Å². The van der Waals surface area contributed by atoms with E-state index in [2.05, 4.69) is 20.8 Å². The van der Waals surface area contributed by atoms with Crippen LogP contribution < -0.4 is 5.73 Å². The molecular weight excluding hydrogens is 295 g/mol. The second kappa shape index (κ2) is 4.91. The van der Waals surface area contributed by atoms with Gasteiger partial charge in [0.1, 0.15) is 5.82 Å². The summed E-state index contributed by atoms with van der Waals surface area (Å²) in [6.45, 7) is 2.78. The first-order valence-corrected chi connectivity index (χ1v) is 7.35. The molecule has 3 rings (SSSR count). The molecule has 2 fully saturated rings. The number of nitrogens with zero attached hydrogens (tertiary/aromatic N) is 1. The number of hydrogen-bond donors (Lipinski definition) is 1. The first-order chi connectivity index (χ1) is 8.65. The van der Waals surface area contributed by atoms with Crippen molar-refractivity contribution in [3.05, 3.63) is 34.1 Å². The third kappa shape index (κ3) is 2.22. The number of rotatable bonds is 2. The summed E-state index contributed by atoms with van der Waals surface area (Å²) in [5.41, 5.74) is 6.89. The van der Waals surface area contributed by atoms with Crippen molar-refractivity contribution in [1.29, 1.82) is 0 Å². The van der Waals surface area contributed by atoms with Gasteiger partial charge in [-0.05, 0) is 36.8 Å². The van der Waals surface area contributed by atoms with Crippen molar-refractivity contribution in [2.45, 2.75) is 25.4 Å². The third-order valence-corrected chi connectivity index (χ3v) is 5.17. The smallest absolute Gasteiger partial charge is 0.128 e. The largest absolute Gasteiger partial charge is 0.327 e. The van der Waals surface area contributed by atoms with E-state index in [1.54, 1.807) is 6.07 Å². The Hall–Kier alpha value is -0.450. The highest BCUT2D eigenvalue weighted by atomic mass is 79.9. The van der Waals surface area contributed by atoms with Crippen LogP contribution in [0.2, 0.25) is 0 Å². The van der Waals surface area contributed by atoms with Crippen LogP contribution in [0.1, 0.15) is 18.4 Å². The predicted molar refractivity (Wildman–Crippen MR) is 73.6 cm³/mol. The lowest BCUT2D eigenvalue weighted by Crippen LogP contribution is -2.30. The molecule has 0 amide bonds. The number of halogens is 2. The molecule has 1 aliphatic heterocycles. The van der Waals surface area contributed by atoms with Gasteiger partial charge in [0.25, 0.3) is 0 Å². The Bertz CT molecular complexity index is 431. The van der Waals surface area contributed by atoms with Gasteiger partial charge in [-0.3, -0.25) is 4.90 Å². The van der Waals surface area contributed by atoms with E-state index in [9.17, 15) is 4.39 Å². The maximum atomic E-state index is 13.8. The molecule has 2 nitrogen and oxygen atoms in total. The van der Waals surface area contributed by atoms with E-state index in [0.29, 0.717) is 18.5 Å². The van der Waals surface area contributed by atoms with Crippen LogP contribution in [-0.2, 0) is 6.54 Å². The van der Waals surface area contributed by atoms with Crippen LogP contribution in [0.3, 0.4) is 0 Å². The molecule has 4 heteroatoms. The van der Waals surface area contributed by atoms with Crippen molar-refractivity contribution in [2.75, 3.05) is 13.1 Å². The normalized spacial score (nSPS) is 31.8. The molecule has 0 radical (unpaired) electrons. The van der Waals surface area contributed by atoms with Crippen LogP contribution >= 0.6 is 15.9 Å². The molecule has 0 aromatic heterocycles. The van der Waals surface area contributed by atoms with Gasteiger partial charge in [-0.15, -0.1) is 0 Å². The van der Waals surface area contributed by atoms with E-state index in [1.807, 2.05) is 6.07 Å². The highest BCUT2D eigenvalue weighted by Crippen LogP contribution is 2.38. The molecule has 1 saturated heterocycles. The standard InChI is InChI=1S/C14H18BrFN2/c15-12-2-1-3-13(16)11(12)8-18-6-9-4-5-14(17)10(9)7-18/h1-3,9-10,14H,4-8,17H2. The van der Waals surface area contributed by atoms with Crippen LogP contribution in [0.5, 0.6) is 0 Å². The fraction of sp³-hybridized carbons (Fsp3) is 0.571. The second-order valence-electron chi connectivity index (χ2n) is 5.56. The zero-order valence-corrected chi connectivity index (χ0v) is 11.9. The van der Waals surface area contributed by atoms with E-state index in [0.717, 1.165) is 35.5 Å². The molecule has 98 valence electrons. The van der Waals surface area contributed by atoms with E-state index >= 15 is 0 Å². The molecule has 0 spiro atoms. The zero-order valence-electron chi connectivity index (χ0n) is 10.3. The van der Waals surface area contributed by atoms with Crippen LogP contribution in [0.25, 0.3) is 0 Å². The van der Waals surface area contributed by atoms with Crippen molar-refractivity contribution in [1.82, 2.24) is 4.90 Å². The molecule has 3 atom stereocenters. The number of nitrogens with two attached hydrogens (primary N) is 1. The fourth-order valence-corrected chi connectivity index (χ4v) is 3.90. The maximum absolute atomic E-state index is 13.8. The highest BCUT2D eigenvalue weighted by Gasteiger charge is 2.40. The molecule has 2 N–H and O–H groups in total. The van der Waals surface area contributed by atoms with Crippen LogP contribution in [0.15, 0.2) is 22.7 Å². The Morgan fingerprint density at radius 2 is 2.17 bits per heavy atom. The number of likely N-dealkylation sites (tertiary alicyclic amines) is 1. The molecule has 1 aromatic carbocycles. The van der Waals surface area contributed by atoms with Crippen molar-refractivity contribution in [2.24, 2.45) is 17.6 Å². The summed E-state index contributed by atoms with van der Waals surface area (Å²) in [6.07, 6.45) is 2.40. The average molecular weight is 313 g/mol.